The molecule has 0 saturated carbocycles. The van der Waals surface area contributed by atoms with Gasteiger partial charge in [-0.1, -0.05) is 47.6 Å². The van der Waals surface area contributed by atoms with Gasteiger partial charge in [-0.15, -0.1) is 0 Å². The number of anilines is 1. The van der Waals surface area contributed by atoms with Crippen LogP contribution in [0.1, 0.15) is 35.6 Å². The molecule has 1 aromatic heterocycles. The van der Waals surface area contributed by atoms with Gasteiger partial charge in [0.2, 0.25) is 6.10 Å². The lowest BCUT2D eigenvalue weighted by atomic mass is 9.98. The monoisotopic (exact) mass is 425 g/mol. The highest BCUT2D eigenvalue weighted by atomic mass is 16.6. The molecule has 0 fully saturated rings. The number of aromatic nitrogens is 1. The van der Waals surface area contributed by atoms with Crippen LogP contribution in [0.4, 0.5) is 5.69 Å². The maximum absolute atomic E-state index is 12.6. The Balaban J connectivity index is 1.19. The molecule has 2 aliphatic heterocycles. The quantitative estimate of drug-likeness (QED) is 0.670. The molecule has 32 heavy (non-hydrogen) atoms. The minimum Gasteiger partial charge on any atom is -0.382 e. The van der Waals surface area contributed by atoms with Crippen molar-refractivity contribution in [3.05, 3.63) is 95.8 Å². The lowest BCUT2D eigenvalue weighted by molar-refractivity contribution is -0.125. The molecule has 1 amide bonds. The summed E-state index contributed by atoms with van der Waals surface area (Å²) < 4.78 is 0. The largest absolute Gasteiger partial charge is 0.382 e. The summed E-state index contributed by atoms with van der Waals surface area (Å²) in [4.78, 5) is 22.1. The van der Waals surface area contributed by atoms with Crippen LogP contribution in [0.15, 0.2) is 89.4 Å². The predicted molar refractivity (Wildman–Crippen MR) is 123 cm³/mol. The zero-order chi connectivity index (χ0) is 21.9. The molecule has 2 atom stereocenters. The maximum atomic E-state index is 12.6. The molecule has 0 bridgehead atoms. The van der Waals surface area contributed by atoms with E-state index in [0.29, 0.717) is 6.42 Å². The summed E-state index contributed by atoms with van der Waals surface area (Å²) in [6.45, 7) is 0. The van der Waals surface area contributed by atoms with Crippen LogP contribution in [0.25, 0.3) is 0 Å². The van der Waals surface area contributed by atoms with Crippen molar-refractivity contribution < 1.29 is 9.63 Å². The molecule has 0 radical (unpaired) electrons. The third kappa shape index (κ3) is 4.09. The van der Waals surface area contributed by atoms with Crippen molar-refractivity contribution in [1.82, 2.24) is 9.99 Å². The molecule has 7 nitrogen and oxygen atoms in total. The number of hydrogen-bond acceptors (Lipinski definition) is 6. The van der Waals surface area contributed by atoms with Crippen LogP contribution in [0, 0.1) is 0 Å². The second kappa shape index (κ2) is 8.63. The summed E-state index contributed by atoms with van der Waals surface area (Å²) >= 11 is 0. The number of pyridine rings is 1. The Hall–Kier alpha value is -4.00. The Morgan fingerprint density at radius 1 is 0.969 bits per heavy atom. The number of amides is 1. The number of carbonyl (C=O) groups is 1. The minimum absolute atomic E-state index is 0.170. The Morgan fingerprint density at radius 2 is 1.75 bits per heavy atom. The SMILES string of the molecule is CN1N=C(c2ccccc2)CC1c1ccc(NC(=O)C2CC(c3cccnc3)=NO2)cc1. The second-order valence-corrected chi connectivity index (χ2v) is 7.90. The zero-order valence-corrected chi connectivity index (χ0v) is 17.7. The maximum Gasteiger partial charge on any atom is 0.268 e. The predicted octanol–water partition coefficient (Wildman–Crippen LogP) is 3.99. The lowest BCUT2D eigenvalue weighted by Crippen LogP contribution is -2.28. The van der Waals surface area contributed by atoms with Crippen molar-refractivity contribution in [2.75, 3.05) is 12.4 Å². The highest BCUT2D eigenvalue weighted by molar-refractivity contribution is 6.06. The van der Waals surface area contributed by atoms with Crippen LogP contribution in [-0.4, -0.2) is 40.5 Å². The van der Waals surface area contributed by atoms with Gasteiger partial charge >= 0.3 is 0 Å². The van der Waals surface area contributed by atoms with Crippen LogP contribution in [0.5, 0.6) is 0 Å². The number of carbonyl (C=O) groups excluding carboxylic acids is 1. The zero-order valence-electron chi connectivity index (χ0n) is 17.7. The van der Waals surface area contributed by atoms with E-state index in [2.05, 4.69) is 27.6 Å². The van der Waals surface area contributed by atoms with Crippen LogP contribution >= 0.6 is 0 Å². The Labute approximate surface area is 186 Å². The van der Waals surface area contributed by atoms with Gasteiger partial charge in [-0.3, -0.25) is 14.8 Å². The number of nitrogens with one attached hydrogen (secondary N) is 1. The summed E-state index contributed by atoms with van der Waals surface area (Å²) in [5.41, 5.74) is 5.70. The Morgan fingerprint density at radius 3 is 2.50 bits per heavy atom. The van der Waals surface area contributed by atoms with Gasteiger partial charge in [-0.05, 0) is 35.4 Å². The topological polar surface area (TPSA) is 79.2 Å². The van der Waals surface area contributed by atoms with E-state index in [1.807, 2.05) is 66.7 Å². The van der Waals surface area contributed by atoms with Gasteiger partial charge in [0.15, 0.2) is 0 Å². The van der Waals surface area contributed by atoms with Crippen molar-refractivity contribution >= 4 is 23.0 Å². The average Bonchev–Trinajstić information content (AvgIpc) is 3.48. The van der Waals surface area contributed by atoms with E-state index in [1.165, 1.54) is 0 Å². The molecular weight excluding hydrogens is 402 g/mol. The molecule has 160 valence electrons. The Bertz CT molecular complexity index is 1160. The van der Waals surface area contributed by atoms with Crippen LogP contribution in [0.3, 0.4) is 0 Å². The van der Waals surface area contributed by atoms with E-state index in [1.54, 1.807) is 12.4 Å². The second-order valence-electron chi connectivity index (χ2n) is 7.90. The number of nitrogens with zero attached hydrogens (tertiary/aromatic N) is 4. The number of rotatable bonds is 5. The summed E-state index contributed by atoms with van der Waals surface area (Å²) in [5.74, 6) is -0.215. The van der Waals surface area contributed by atoms with E-state index in [9.17, 15) is 4.79 Å². The van der Waals surface area contributed by atoms with Gasteiger partial charge < -0.3 is 10.2 Å². The first kappa shape index (κ1) is 19.9. The molecule has 3 aromatic rings. The minimum atomic E-state index is -0.646. The molecule has 0 saturated heterocycles. The van der Waals surface area contributed by atoms with Gasteiger partial charge in [0.25, 0.3) is 5.91 Å². The molecular formula is C25H23N5O2. The molecule has 1 N–H and O–H groups in total. The lowest BCUT2D eigenvalue weighted by Gasteiger charge is -2.19. The molecule has 0 spiro atoms. The first-order valence-electron chi connectivity index (χ1n) is 10.6. The third-order valence-corrected chi connectivity index (χ3v) is 5.74. The van der Waals surface area contributed by atoms with Crippen molar-refractivity contribution in [2.45, 2.75) is 25.0 Å². The molecule has 0 aliphatic carbocycles. The standard InChI is InChI=1S/C25H23N5O2/c1-30-23(14-21(28-30)17-6-3-2-4-7-17)18-9-11-20(12-10-18)27-25(31)24-15-22(29-32-24)19-8-5-13-26-16-19/h2-13,16,23-24H,14-15H2,1H3,(H,27,31). The smallest absolute Gasteiger partial charge is 0.268 e. The van der Waals surface area contributed by atoms with E-state index in [0.717, 1.165) is 40.2 Å². The summed E-state index contributed by atoms with van der Waals surface area (Å²) in [6, 6.07) is 22.1. The molecule has 2 aliphatic rings. The summed E-state index contributed by atoms with van der Waals surface area (Å²) in [5, 5.41) is 13.7. The number of hydrazone groups is 1. The molecule has 2 aromatic carbocycles. The molecule has 5 rings (SSSR count). The van der Waals surface area contributed by atoms with Crippen molar-refractivity contribution in [3.63, 3.8) is 0 Å². The van der Waals surface area contributed by atoms with Crippen LogP contribution in [-0.2, 0) is 9.63 Å². The van der Waals surface area contributed by atoms with Gasteiger partial charge in [0.05, 0.1) is 17.5 Å². The van der Waals surface area contributed by atoms with Crippen molar-refractivity contribution in [3.8, 4) is 0 Å². The van der Waals surface area contributed by atoms with E-state index >= 15 is 0 Å². The number of oxime groups is 1. The van der Waals surface area contributed by atoms with Crippen LogP contribution in [0.2, 0.25) is 0 Å². The van der Waals surface area contributed by atoms with Crippen LogP contribution < -0.4 is 5.32 Å². The molecule has 3 heterocycles. The first-order chi connectivity index (χ1) is 15.7. The highest BCUT2D eigenvalue weighted by Crippen LogP contribution is 2.32. The number of hydrogen-bond donors (Lipinski definition) is 1. The van der Waals surface area contributed by atoms with E-state index in [4.69, 9.17) is 9.94 Å². The summed E-state index contributed by atoms with van der Waals surface area (Å²) in [7, 11) is 1.99. The van der Waals surface area contributed by atoms with Crippen molar-refractivity contribution in [1.29, 1.82) is 0 Å². The highest BCUT2D eigenvalue weighted by Gasteiger charge is 2.29. The van der Waals surface area contributed by atoms with Gasteiger partial charge in [0, 0.05) is 43.5 Å². The van der Waals surface area contributed by atoms with Gasteiger partial charge in [0.1, 0.15) is 0 Å². The van der Waals surface area contributed by atoms with Gasteiger partial charge in [-0.25, -0.2) is 0 Å². The molecule has 2 unspecified atom stereocenters. The fourth-order valence-electron chi connectivity index (χ4n) is 3.99. The molecule has 7 heteroatoms. The third-order valence-electron chi connectivity index (χ3n) is 5.74. The summed E-state index contributed by atoms with van der Waals surface area (Å²) in [6.07, 6.45) is 4.03. The van der Waals surface area contributed by atoms with Gasteiger partial charge in [-0.2, -0.15) is 5.10 Å². The Kier molecular flexibility index (Phi) is 5.37. The first-order valence-corrected chi connectivity index (χ1v) is 10.6. The van der Waals surface area contributed by atoms with E-state index < -0.39 is 6.10 Å². The number of benzene rings is 2. The fraction of sp³-hybridized carbons (Fsp3) is 0.200. The average molecular weight is 425 g/mol. The van der Waals surface area contributed by atoms with E-state index in [-0.39, 0.29) is 11.9 Å². The normalized spacial score (nSPS) is 19.8. The fourth-order valence-corrected chi connectivity index (χ4v) is 3.99. The van der Waals surface area contributed by atoms with Crippen molar-refractivity contribution in [2.24, 2.45) is 10.3 Å².